The first-order valence-electron chi connectivity index (χ1n) is 10.5. The molecular weight excluding hydrogens is 382 g/mol. The van der Waals surface area contributed by atoms with E-state index in [4.69, 9.17) is 0 Å². The molecule has 162 valence electrons. The molecule has 1 aromatic carbocycles. The van der Waals surface area contributed by atoms with E-state index in [1.807, 2.05) is 32.9 Å². The summed E-state index contributed by atoms with van der Waals surface area (Å²) in [5, 5.41) is 20.5. The van der Waals surface area contributed by atoms with Crippen molar-refractivity contribution in [3.8, 4) is 11.8 Å². The molecular formula is C24H37NO3S. The van der Waals surface area contributed by atoms with Crippen LogP contribution < -0.4 is 0 Å². The predicted octanol–water partition coefficient (Wildman–Crippen LogP) is 6.24. The normalized spacial score (nSPS) is 13.4. The minimum Gasteiger partial charge on any atom is -0.507 e. The fraction of sp³-hybridized carbons (Fsp3) is 0.625. The number of phenolic OH excluding ortho intramolecular Hbond substituents is 1. The number of aromatic hydroxyl groups is 1. The molecule has 0 bridgehead atoms. The number of nitrogens with zero attached hydrogens (tertiary/aromatic N) is 1. The maximum absolute atomic E-state index is 12.7. The van der Waals surface area contributed by atoms with Gasteiger partial charge in [0.2, 0.25) is 0 Å². The Morgan fingerprint density at radius 2 is 1.66 bits per heavy atom. The highest BCUT2D eigenvalue weighted by atomic mass is 32.2. The molecule has 0 saturated heterocycles. The zero-order valence-corrected chi connectivity index (χ0v) is 19.9. The van der Waals surface area contributed by atoms with Gasteiger partial charge < -0.3 is 5.11 Å². The van der Waals surface area contributed by atoms with Crippen molar-refractivity contribution in [3.05, 3.63) is 33.7 Å². The third-order valence-electron chi connectivity index (χ3n) is 5.56. The van der Waals surface area contributed by atoms with Crippen molar-refractivity contribution in [1.29, 1.82) is 5.26 Å². The molecule has 1 aromatic rings. The van der Waals surface area contributed by atoms with E-state index in [-0.39, 0.29) is 27.2 Å². The number of hydrogen-bond acceptors (Lipinski definition) is 4. The predicted molar refractivity (Wildman–Crippen MR) is 122 cm³/mol. The Bertz CT molecular complexity index is 882. The van der Waals surface area contributed by atoms with Crippen LogP contribution in [0.1, 0.15) is 97.3 Å². The van der Waals surface area contributed by atoms with Crippen LogP contribution in [0.15, 0.2) is 17.0 Å². The molecule has 0 radical (unpaired) electrons. The fourth-order valence-electron chi connectivity index (χ4n) is 3.19. The molecule has 1 rings (SSSR count). The Morgan fingerprint density at radius 1 is 1.07 bits per heavy atom. The van der Waals surface area contributed by atoms with Crippen LogP contribution in [-0.4, -0.2) is 19.3 Å². The van der Waals surface area contributed by atoms with Crippen molar-refractivity contribution >= 4 is 15.9 Å². The van der Waals surface area contributed by atoms with Gasteiger partial charge in [-0.3, -0.25) is 0 Å². The van der Waals surface area contributed by atoms with Crippen LogP contribution in [0.2, 0.25) is 0 Å². The van der Waals surface area contributed by atoms with Crippen LogP contribution in [0.4, 0.5) is 0 Å². The lowest BCUT2D eigenvalue weighted by Crippen LogP contribution is -2.19. The highest BCUT2D eigenvalue weighted by Crippen LogP contribution is 2.41. The minimum atomic E-state index is -3.63. The quantitative estimate of drug-likeness (QED) is 0.380. The summed E-state index contributed by atoms with van der Waals surface area (Å²) in [6, 6.07) is 5.50. The molecule has 0 aliphatic carbocycles. The van der Waals surface area contributed by atoms with Gasteiger partial charge in [-0.2, -0.15) is 5.26 Å². The lowest BCUT2D eigenvalue weighted by atomic mass is 9.76. The second-order valence-corrected chi connectivity index (χ2v) is 11.5. The molecule has 0 heterocycles. The Balaban J connectivity index is 3.52. The fourth-order valence-corrected chi connectivity index (χ4v) is 4.45. The van der Waals surface area contributed by atoms with Crippen LogP contribution in [0.25, 0.3) is 6.08 Å². The molecule has 0 unspecified atom stereocenters. The first kappa shape index (κ1) is 25.2. The first-order chi connectivity index (χ1) is 13.3. The van der Waals surface area contributed by atoms with Gasteiger partial charge in [0, 0.05) is 11.1 Å². The molecule has 0 aliphatic heterocycles. The SMILES string of the molecule is CCCCCCS(=O)(=O)/C(C#N)=C/c1cc(C(C)(C)C)c(O)c(C(C)(C)CC)c1. The van der Waals surface area contributed by atoms with E-state index in [0.29, 0.717) is 12.0 Å². The highest BCUT2D eigenvalue weighted by Gasteiger charge is 2.28. The number of allylic oxidation sites excluding steroid dienone is 1. The van der Waals surface area contributed by atoms with Crippen LogP contribution in [0.3, 0.4) is 0 Å². The van der Waals surface area contributed by atoms with E-state index in [0.717, 1.165) is 36.8 Å². The zero-order chi connectivity index (χ0) is 22.5. The summed E-state index contributed by atoms with van der Waals surface area (Å²) in [6.07, 6.45) is 5.70. The molecule has 0 atom stereocenters. The molecule has 0 spiro atoms. The molecule has 1 N–H and O–H groups in total. The van der Waals surface area contributed by atoms with Crippen molar-refractivity contribution in [2.45, 2.75) is 91.4 Å². The number of benzene rings is 1. The highest BCUT2D eigenvalue weighted by molar-refractivity contribution is 7.95. The second kappa shape index (κ2) is 9.80. The first-order valence-corrected chi connectivity index (χ1v) is 12.2. The second-order valence-electron chi connectivity index (χ2n) is 9.45. The summed E-state index contributed by atoms with van der Waals surface area (Å²) < 4.78 is 25.4. The maximum atomic E-state index is 12.7. The lowest BCUT2D eigenvalue weighted by Gasteiger charge is -2.29. The smallest absolute Gasteiger partial charge is 0.188 e. The topological polar surface area (TPSA) is 78.2 Å². The summed E-state index contributed by atoms with van der Waals surface area (Å²) in [4.78, 5) is -0.209. The van der Waals surface area contributed by atoms with Crippen LogP contribution in [0, 0.1) is 11.3 Å². The lowest BCUT2D eigenvalue weighted by molar-refractivity contribution is 0.410. The Kier molecular flexibility index (Phi) is 8.53. The van der Waals surface area contributed by atoms with Crippen molar-refractivity contribution < 1.29 is 13.5 Å². The average molecular weight is 420 g/mol. The Labute approximate surface area is 177 Å². The van der Waals surface area contributed by atoms with Gasteiger partial charge in [-0.15, -0.1) is 0 Å². The molecule has 0 saturated carbocycles. The Hall–Kier alpha value is -1.80. The van der Waals surface area contributed by atoms with Gasteiger partial charge in [-0.1, -0.05) is 67.7 Å². The van der Waals surface area contributed by atoms with E-state index < -0.39 is 9.84 Å². The molecule has 29 heavy (non-hydrogen) atoms. The van der Waals surface area contributed by atoms with E-state index in [1.165, 1.54) is 6.08 Å². The molecule has 0 aromatic heterocycles. The van der Waals surface area contributed by atoms with Gasteiger partial charge in [-0.05, 0) is 47.4 Å². The molecule has 0 amide bonds. The van der Waals surface area contributed by atoms with Crippen LogP contribution >= 0.6 is 0 Å². The van der Waals surface area contributed by atoms with Gasteiger partial charge in [0.25, 0.3) is 0 Å². The van der Waals surface area contributed by atoms with Gasteiger partial charge in [-0.25, -0.2) is 8.42 Å². The molecule has 4 nitrogen and oxygen atoms in total. The Morgan fingerprint density at radius 3 is 2.14 bits per heavy atom. The minimum absolute atomic E-state index is 0.0100. The monoisotopic (exact) mass is 419 g/mol. The number of rotatable bonds is 9. The van der Waals surface area contributed by atoms with Crippen LogP contribution in [0.5, 0.6) is 5.75 Å². The van der Waals surface area contributed by atoms with Gasteiger partial charge >= 0.3 is 0 Å². The van der Waals surface area contributed by atoms with E-state index >= 15 is 0 Å². The standard InChI is InChI=1S/C24H37NO3S/c1-8-10-11-12-13-29(27,28)19(17-25)14-18-15-20(23(3,4)5)22(26)21(16-18)24(6,7)9-2/h14-16,26H,8-13H2,1-7H3/b19-14+. The summed E-state index contributed by atoms with van der Waals surface area (Å²) in [7, 11) is -3.63. The third-order valence-corrected chi connectivity index (χ3v) is 7.27. The summed E-state index contributed by atoms with van der Waals surface area (Å²) in [5.41, 5.74) is 1.56. The van der Waals surface area contributed by atoms with Crippen molar-refractivity contribution in [1.82, 2.24) is 0 Å². The van der Waals surface area contributed by atoms with E-state index in [9.17, 15) is 18.8 Å². The number of hydrogen-bond donors (Lipinski definition) is 1. The van der Waals surface area contributed by atoms with Crippen molar-refractivity contribution in [2.75, 3.05) is 5.75 Å². The number of nitriles is 1. The summed E-state index contributed by atoms with van der Waals surface area (Å²) in [6.45, 7) is 14.3. The molecule has 0 fully saturated rings. The number of sulfone groups is 1. The largest absolute Gasteiger partial charge is 0.507 e. The maximum Gasteiger partial charge on any atom is 0.188 e. The molecule has 5 heteroatoms. The van der Waals surface area contributed by atoms with Gasteiger partial charge in [0.1, 0.15) is 16.7 Å². The average Bonchev–Trinajstić information content (AvgIpc) is 2.63. The summed E-state index contributed by atoms with van der Waals surface area (Å²) in [5.74, 6) is 0.242. The number of unbranched alkanes of at least 4 members (excludes halogenated alkanes) is 3. The van der Waals surface area contributed by atoms with Gasteiger partial charge in [0.05, 0.1) is 5.75 Å². The van der Waals surface area contributed by atoms with Crippen molar-refractivity contribution in [2.24, 2.45) is 0 Å². The summed E-state index contributed by atoms with van der Waals surface area (Å²) >= 11 is 0. The van der Waals surface area contributed by atoms with E-state index in [1.54, 1.807) is 6.07 Å². The third kappa shape index (κ3) is 6.60. The number of phenols is 1. The van der Waals surface area contributed by atoms with E-state index in [2.05, 4.69) is 27.7 Å². The molecule has 0 aliphatic rings. The van der Waals surface area contributed by atoms with Gasteiger partial charge in [0.15, 0.2) is 9.84 Å². The zero-order valence-electron chi connectivity index (χ0n) is 19.1. The van der Waals surface area contributed by atoms with Crippen molar-refractivity contribution in [3.63, 3.8) is 0 Å². The van der Waals surface area contributed by atoms with Crippen LogP contribution in [-0.2, 0) is 20.7 Å².